The summed E-state index contributed by atoms with van der Waals surface area (Å²) in [5.74, 6) is -0.799. The van der Waals surface area contributed by atoms with E-state index in [1.807, 2.05) is 27.7 Å². The summed E-state index contributed by atoms with van der Waals surface area (Å²) in [4.78, 5) is 25.0. The minimum absolute atomic E-state index is 0.106. The molecule has 114 valence electrons. The SMILES string of the molecule is CCC1(C(=O)O)CC2(CN1)CN(C(=O)OC(C)(C)C)C2. The van der Waals surface area contributed by atoms with Gasteiger partial charge in [-0.15, -0.1) is 0 Å². The van der Waals surface area contributed by atoms with Crippen LogP contribution in [0.25, 0.3) is 0 Å². The second-order valence-electron chi connectivity index (χ2n) is 7.11. The number of aliphatic carboxylic acids is 1. The summed E-state index contributed by atoms with van der Waals surface area (Å²) in [5, 5.41) is 12.5. The van der Waals surface area contributed by atoms with Gasteiger partial charge in [0.05, 0.1) is 0 Å². The van der Waals surface area contributed by atoms with Gasteiger partial charge < -0.3 is 20.1 Å². The largest absolute Gasteiger partial charge is 0.480 e. The van der Waals surface area contributed by atoms with Gasteiger partial charge in [0, 0.05) is 25.0 Å². The molecule has 1 amide bonds. The number of nitrogens with zero attached hydrogens (tertiary/aromatic N) is 1. The Labute approximate surface area is 119 Å². The Hall–Kier alpha value is -1.30. The molecule has 6 heteroatoms. The number of ether oxygens (including phenoxy) is 1. The normalized spacial score (nSPS) is 28.3. The topological polar surface area (TPSA) is 78.9 Å². The first-order valence-corrected chi connectivity index (χ1v) is 7.08. The van der Waals surface area contributed by atoms with E-state index in [-0.39, 0.29) is 11.5 Å². The summed E-state index contributed by atoms with van der Waals surface area (Å²) in [7, 11) is 0. The molecule has 2 heterocycles. The summed E-state index contributed by atoms with van der Waals surface area (Å²) < 4.78 is 5.32. The van der Waals surface area contributed by atoms with Crippen molar-refractivity contribution in [1.29, 1.82) is 0 Å². The van der Waals surface area contributed by atoms with Crippen molar-refractivity contribution in [1.82, 2.24) is 10.2 Å². The van der Waals surface area contributed by atoms with Gasteiger partial charge in [0.2, 0.25) is 0 Å². The highest BCUT2D eigenvalue weighted by Gasteiger charge is 2.57. The Morgan fingerprint density at radius 3 is 2.35 bits per heavy atom. The van der Waals surface area contributed by atoms with Crippen LogP contribution in [0.5, 0.6) is 0 Å². The average molecular weight is 284 g/mol. The van der Waals surface area contributed by atoms with E-state index in [1.165, 1.54) is 0 Å². The molecule has 0 saturated carbocycles. The van der Waals surface area contributed by atoms with Crippen molar-refractivity contribution in [2.24, 2.45) is 5.41 Å². The smallest absolute Gasteiger partial charge is 0.410 e. The molecule has 2 aliphatic heterocycles. The van der Waals surface area contributed by atoms with E-state index in [2.05, 4.69) is 5.32 Å². The van der Waals surface area contributed by atoms with Gasteiger partial charge in [0.25, 0.3) is 0 Å². The van der Waals surface area contributed by atoms with Gasteiger partial charge in [0.15, 0.2) is 0 Å². The van der Waals surface area contributed by atoms with Crippen molar-refractivity contribution in [3.8, 4) is 0 Å². The van der Waals surface area contributed by atoms with E-state index in [1.54, 1.807) is 4.90 Å². The fraction of sp³-hybridized carbons (Fsp3) is 0.857. The zero-order chi connectivity index (χ0) is 15.2. The van der Waals surface area contributed by atoms with Crippen molar-refractivity contribution in [2.45, 2.75) is 51.7 Å². The van der Waals surface area contributed by atoms with Crippen LogP contribution in [-0.2, 0) is 9.53 Å². The van der Waals surface area contributed by atoms with E-state index in [0.717, 1.165) is 0 Å². The molecule has 2 rings (SSSR count). The van der Waals surface area contributed by atoms with E-state index in [9.17, 15) is 14.7 Å². The van der Waals surface area contributed by atoms with Gasteiger partial charge in [-0.3, -0.25) is 4.79 Å². The number of hydrogen-bond donors (Lipinski definition) is 2. The molecule has 0 aromatic carbocycles. The molecule has 0 radical (unpaired) electrons. The third kappa shape index (κ3) is 2.61. The monoisotopic (exact) mass is 284 g/mol. The minimum atomic E-state index is -0.833. The van der Waals surface area contributed by atoms with Crippen LogP contribution in [0.4, 0.5) is 4.79 Å². The molecule has 6 nitrogen and oxygen atoms in total. The molecule has 1 unspecified atom stereocenters. The number of hydrogen-bond acceptors (Lipinski definition) is 4. The van der Waals surface area contributed by atoms with Crippen molar-refractivity contribution in [2.75, 3.05) is 19.6 Å². The molecule has 0 aromatic heterocycles. The van der Waals surface area contributed by atoms with E-state index in [0.29, 0.717) is 32.5 Å². The second-order valence-corrected chi connectivity index (χ2v) is 7.11. The quantitative estimate of drug-likeness (QED) is 0.802. The van der Waals surface area contributed by atoms with E-state index >= 15 is 0 Å². The average Bonchev–Trinajstić information content (AvgIpc) is 2.65. The number of carboxylic acid groups (broad SMARTS) is 1. The van der Waals surface area contributed by atoms with Gasteiger partial charge in [-0.05, 0) is 33.6 Å². The number of carbonyl (C=O) groups is 2. The number of amides is 1. The molecular weight excluding hydrogens is 260 g/mol. The Balaban J connectivity index is 1.94. The Kier molecular flexibility index (Phi) is 3.48. The summed E-state index contributed by atoms with van der Waals surface area (Å²) in [6, 6.07) is 0. The number of carboxylic acids is 1. The maximum atomic E-state index is 11.9. The number of likely N-dealkylation sites (tertiary alicyclic amines) is 1. The Bertz CT molecular complexity index is 423. The summed E-state index contributed by atoms with van der Waals surface area (Å²) >= 11 is 0. The first-order chi connectivity index (χ1) is 9.11. The number of rotatable bonds is 2. The maximum absolute atomic E-state index is 11.9. The molecule has 1 spiro atoms. The first-order valence-electron chi connectivity index (χ1n) is 7.08. The second kappa shape index (κ2) is 4.62. The first kappa shape index (κ1) is 15.1. The fourth-order valence-corrected chi connectivity index (χ4v) is 3.12. The third-order valence-electron chi connectivity index (χ3n) is 4.20. The van der Waals surface area contributed by atoms with Crippen LogP contribution in [0, 0.1) is 5.41 Å². The molecule has 2 fully saturated rings. The lowest BCUT2D eigenvalue weighted by Gasteiger charge is -2.48. The summed E-state index contributed by atoms with van der Waals surface area (Å²) in [5.41, 5.74) is -1.44. The third-order valence-corrected chi connectivity index (χ3v) is 4.20. The summed E-state index contributed by atoms with van der Waals surface area (Å²) in [6.07, 6.45) is 0.814. The molecule has 1 atom stereocenters. The van der Waals surface area contributed by atoms with Crippen molar-refractivity contribution in [3.05, 3.63) is 0 Å². The standard InChI is InChI=1S/C14H24N2O4/c1-5-14(10(17)18)6-13(7-15-14)8-16(9-13)11(19)20-12(2,3)4/h15H,5-9H2,1-4H3,(H,17,18). The molecule has 0 bridgehead atoms. The highest BCUT2D eigenvalue weighted by atomic mass is 16.6. The fourth-order valence-electron chi connectivity index (χ4n) is 3.12. The van der Waals surface area contributed by atoms with Crippen LogP contribution in [-0.4, -0.2) is 52.8 Å². The van der Waals surface area contributed by atoms with Crippen molar-refractivity contribution < 1.29 is 19.4 Å². The van der Waals surface area contributed by atoms with Crippen LogP contribution in [0.1, 0.15) is 40.5 Å². The predicted octanol–water partition coefficient (Wildman–Crippen LogP) is 1.45. The molecular formula is C14H24N2O4. The van der Waals surface area contributed by atoms with Crippen molar-refractivity contribution >= 4 is 12.1 Å². The highest BCUT2D eigenvalue weighted by Crippen LogP contribution is 2.44. The Morgan fingerprint density at radius 2 is 1.95 bits per heavy atom. The van der Waals surface area contributed by atoms with Crippen LogP contribution in [0.2, 0.25) is 0 Å². The van der Waals surface area contributed by atoms with Gasteiger partial charge in [-0.25, -0.2) is 4.79 Å². The lowest BCUT2D eigenvalue weighted by Crippen LogP contribution is -2.60. The molecule has 2 aliphatic rings. The van der Waals surface area contributed by atoms with E-state index in [4.69, 9.17) is 4.74 Å². The van der Waals surface area contributed by atoms with Crippen LogP contribution < -0.4 is 5.32 Å². The molecule has 0 aliphatic carbocycles. The van der Waals surface area contributed by atoms with Crippen LogP contribution in [0.15, 0.2) is 0 Å². The Morgan fingerprint density at radius 1 is 1.35 bits per heavy atom. The summed E-state index contributed by atoms with van der Waals surface area (Å²) in [6.45, 7) is 9.18. The van der Waals surface area contributed by atoms with Gasteiger partial charge in [-0.2, -0.15) is 0 Å². The maximum Gasteiger partial charge on any atom is 0.410 e. The lowest BCUT2D eigenvalue weighted by atomic mass is 9.74. The van der Waals surface area contributed by atoms with Crippen LogP contribution >= 0.6 is 0 Å². The lowest BCUT2D eigenvalue weighted by molar-refractivity contribution is -0.145. The molecule has 2 saturated heterocycles. The molecule has 0 aromatic rings. The zero-order valence-electron chi connectivity index (χ0n) is 12.7. The van der Waals surface area contributed by atoms with Crippen LogP contribution in [0.3, 0.4) is 0 Å². The minimum Gasteiger partial charge on any atom is -0.480 e. The predicted molar refractivity (Wildman–Crippen MR) is 73.5 cm³/mol. The van der Waals surface area contributed by atoms with Gasteiger partial charge in [0.1, 0.15) is 11.1 Å². The van der Waals surface area contributed by atoms with Crippen molar-refractivity contribution in [3.63, 3.8) is 0 Å². The zero-order valence-corrected chi connectivity index (χ0v) is 12.7. The molecule has 20 heavy (non-hydrogen) atoms. The van der Waals surface area contributed by atoms with Gasteiger partial charge in [-0.1, -0.05) is 6.92 Å². The highest BCUT2D eigenvalue weighted by molar-refractivity contribution is 5.79. The molecule has 2 N–H and O–H groups in total. The number of carbonyl (C=O) groups excluding carboxylic acids is 1. The number of nitrogens with one attached hydrogen (secondary N) is 1. The van der Waals surface area contributed by atoms with Gasteiger partial charge >= 0.3 is 12.1 Å². The van der Waals surface area contributed by atoms with E-state index < -0.39 is 17.1 Å².